The Morgan fingerprint density at radius 3 is 2.83 bits per heavy atom. The molecule has 0 radical (unpaired) electrons. The van der Waals surface area contributed by atoms with Crippen molar-refractivity contribution in [2.75, 3.05) is 11.9 Å². The van der Waals surface area contributed by atoms with E-state index in [2.05, 4.69) is 25.5 Å². The van der Waals surface area contributed by atoms with Gasteiger partial charge in [0.25, 0.3) is 5.91 Å². The number of aromatic nitrogens is 4. The molecule has 0 bridgehead atoms. The van der Waals surface area contributed by atoms with Gasteiger partial charge in [-0.1, -0.05) is 30.3 Å². The second kappa shape index (κ2) is 6.69. The van der Waals surface area contributed by atoms with Crippen LogP contribution in [0.15, 0.2) is 48.7 Å². The highest BCUT2D eigenvalue weighted by Crippen LogP contribution is 2.18. The lowest BCUT2D eigenvalue weighted by Crippen LogP contribution is -2.15. The van der Waals surface area contributed by atoms with Crippen LogP contribution >= 0.6 is 0 Å². The van der Waals surface area contributed by atoms with Gasteiger partial charge in [-0.2, -0.15) is 4.98 Å². The molecule has 7 nitrogen and oxygen atoms in total. The van der Waals surface area contributed by atoms with Gasteiger partial charge in [0.1, 0.15) is 5.56 Å². The summed E-state index contributed by atoms with van der Waals surface area (Å²) >= 11 is 0. The predicted molar refractivity (Wildman–Crippen MR) is 85.2 cm³/mol. The van der Waals surface area contributed by atoms with Crippen LogP contribution in [0.1, 0.15) is 17.3 Å². The maximum absolute atomic E-state index is 12.3. The SMILES string of the molecule is CCOc1ncccc1C(=O)Nc1n[nH]c(-c2ccccc2)n1. The van der Waals surface area contributed by atoms with Gasteiger partial charge >= 0.3 is 0 Å². The van der Waals surface area contributed by atoms with Crippen LogP contribution in [0, 0.1) is 0 Å². The monoisotopic (exact) mass is 309 g/mol. The zero-order valence-corrected chi connectivity index (χ0v) is 12.5. The number of nitrogens with one attached hydrogen (secondary N) is 2. The fraction of sp³-hybridized carbons (Fsp3) is 0.125. The molecule has 3 aromatic rings. The highest BCUT2D eigenvalue weighted by Gasteiger charge is 2.15. The first kappa shape index (κ1) is 14.7. The lowest BCUT2D eigenvalue weighted by Gasteiger charge is -2.07. The van der Waals surface area contributed by atoms with Crippen LogP contribution in [0.4, 0.5) is 5.95 Å². The number of ether oxygens (including phenoxy) is 1. The molecule has 0 unspecified atom stereocenters. The van der Waals surface area contributed by atoms with E-state index in [9.17, 15) is 4.79 Å². The molecule has 7 heteroatoms. The standard InChI is InChI=1S/C16H15N5O2/c1-2-23-15-12(9-6-10-17-15)14(22)19-16-18-13(20-21-16)11-7-4-3-5-8-11/h3-10H,2H2,1H3,(H2,18,19,20,21,22). The van der Waals surface area contributed by atoms with E-state index >= 15 is 0 Å². The van der Waals surface area contributed by atoms with Crippen molar-refractivity contribution in [1.82, 2.24) is 20.2 Å². The number of hydrogen-bond acceptors (Lipinski definition) is 5. The van der Waals surface area contributed by atoms with Crippen LogP contribution in [0.5, 0.6) is 5.88 Å². The van der Waals surface area contributed by atoms with Crippen LogP contribution in [-0.4, -0.2) is 32.7 Å². The summed E-state index contributed by atoms with van der Waals surface area (Å²) in [7, 11) is 0. The van der Waals surface area contributed by atoms with E-state index in [-0.39, 0.29) is 17.7 Å². The minimum Gasteiger partial charge on any atom is -0.477 e. The predicted octanol–water partition coefficient (Wildman–Crippen LogP) is 2.52. The average molecular weight is 309 g/mol. The Labute approximate surface area is 132 Å². The van der Waals surface area contributed by atoms with Gasteiger partial charge in [-0.05, 0) is 19.1 Å². The van der Waals surface area contributed by atoms with Crippen molar-refractivity contribution >= 4 is 11.9 Å². The van der Waals surface area contributed by atoms with Crippen molar-refractivity contribution in [3.8, 4) is 17.3 Å². The number of pyridine rings is 1. The number of anilines is 1. The molecule has 2 heterocycles. The Balaban J connectivity index is 1.78. The molecule has 116 valence electrons. The molecule has 0 aliphatic heterocycles. The van der Waals surface area contributed by atoms with Crippen molar-refractivity contribution < 1.29 is 9.53 Å². The second-order valence-corrected chi connectivity index (χ2v) is 4.62. The van der Waals surface area contributed by atoms with Gasteiger partial charge in [0, 0.05) is 11.8 Å². The van der Waals surface area contributed by atoms with E-state index in [1.54, 1.807) is 18.3 Å². The minimum atomic E-state index is -0.375. The third kappa shape index (κ3) is 3.34. The van der Waals surface area contributed by atoms with Crippen molar-refractivity contribution in [2.45, 2.75) is 6.92 Å². The highest BCUT2D eigenvalue weighted by atomic mass is 16.5. The van der Waals surface area contributed by atoms with Crippen molar-refractivity contribution in [3.63, 3.8) is 0 Å². The van der Waals surface area contributed by atoms with E-state index in [0.717, 1.165) is 5.56 Å². The molecule has 23 heavy (non-hydrogen) atoms. The van der Waals surface area contributed by atoms with Crippen LogP contribution < -0.4 is 10.1 Å². The molecule has 0 saturated heterocycles. The Morgan fingerprint density at radius 2 is 2.04 bits per heavy atom. The van der Waals surface area contributed by atoms with Crippen LogP contribution in [0.25, 0.3) is 11.4 Å². The molecule has 0 fully saturated rings. The van der Waals surface area contributed by atoms with E-state index in [4.69, 9.17) is 4.74 Å². The smallest absolute Gasteiger partial charge is 0.263 e. The van der Waals surface area contributed by atoms with E-state index in [1.165, 1.54) is 0 Å². The van der Waals surface area contributed by atoms with Crippen LogP contribution in [-0.2, 0) is 0 Å². The zero-order valence-electron chi connectivity index (χ0n) is 12.5. The number of carbonyl (C=O) groups is 1. The average Bonchev–Trinajstić information content (AvgIpc) is 3.05. The molecule has 2 N–H and O–H groups in total. The quantitative estimate of drug-likeness (QED) is 0.755. The summed E-state index contributed by atoms with van der Waals surface area (Å²) in [6.45, 7) is 2.26. The maximum Gasteiger partial charge on any atom is 0.263 e. The molecule has 1 amide bonds. The van der Waals surface area contributed by atoms with Crippen molar-refractivity contribution in [2.24, 2.45) is 0 Å². The fourth-order valence-corrected chi connectivity index (χ4v) is 2.03. The lowest BCUT2D eigenvalue weighted by atomic mass is 10.2. The van der Waals surface area contributed by atoms with Crippen LogP contribution in [0.2, 0.25) is 0 Å². The van der Waals surface area contributed by atoms with Crippen molar-refractivity contribution in [3.05, 3.63) is 54.2 Å². The van der Waals surface area contributed by atoms with Crippen LogP contribution in [0.3, 0.4) is 0 Å². The Hall–Kier alpha value is -3.22. The number of hydrogen-bond donors (Lipinski definition) is 2. The lowest BCUT2D eigenvalue weighted by molar-refractivity contribution is 0.102. The number of H-pyrrole nitrogens is 1. The summed E-state index contributed by atoms with van der Waals surface area (Å²) in [6, 6.07) is 12.8. The van der Waals surface area contributed by atoms with Gasteiger partial charge < -0.3 is 4.74 Å². The largest absolute Gasteiger partial charge is 0.477 e. The first-order valence-electron chi connectivity index (χ1n) is 7.15. The zero-order chi connectivity index (χ0) is 16.1. The second-order valence-electron chi connectivity index (χ2n) is 4.62. The number of amides is 1. The fourth-order valence-electron chi connectivity index (χ4n) is 2.03. The third-order valence-corrected chi connectivity index (χ3v) is 3.05. The van der Waals surface area contributed by atoms with Gasteiger partial charge in [-0.25, -0.2) is 4.98 Å². The molecule has 3 rings (SSSR count). The Bertz CT molecular complexity index is 801. The minimum absolute atomic E-state index is 0.195. The highest BCUT2D eigenvalue weighted by molar-refractivity contribution is 6.04. The van der Waals surface area contributed by atoms with Crippen molar-refractivity contribution in [1.29, 1.82) is 0 Å². The molecule has 0 aliphatic carbocycles. The topological polar surface area (TPSA) is 92.8 Å². The molecule has 0 aliphatic rings. The first-order valence-corrected chi connectivity index (χ1v) is 7.15. The van der Waals surface area contributed by atoms with Gasteiger partial charge in [-0.15, -0.1) is 5.10 Å². The number of carbonyl (C=O) groups excluding carboxylic acids is 1. The maximum atomic E-state index is 12.3. The summed E-state index contributed by atoms with van der Waals surface area (Å²) < 4.78 is 5.35. The molecular formula is C16H15N5O2. The molecule has 0 saturated carbocycles. The third-order valence-electron chi connectivity index (χ3n) is 3.05. The van der Waals surface area contributed by atoms with Gasteiger partial charge in [-0.3, -0.25) is 15.2 Å². The summed E-state index contributed by atoms with van der Waals surface area (Å²) in [6.07, 6.45) is 1.57. The molecule has 0 atom stereocenters. The number of nitrogens with zero attached hydrogens (tertiary/aromatic N) is 3. The van der Waals surface area contributed by atoms with E-state index in [0.29, 0.717) is 18.0 Å². The summed E-state index contributed by atoms with van der Waals surface area (Å²) in [4.78, 5) is 20.6. The number of aromatic amines is 1. The van der Waals surface area contributed by atoms with Gasteiger partial charge in [0.05, 0.1) is 6.61 Å². The Kier molecular flexibility index (Phi) is 4.28. The Morgan fingerprint density at radius 1 is 1.22 bits per heavy atom. The summed E-state index contributed by atoms with van der Waals surface area (Å²) in [5.41, 5.74) is 1.22. The number of benzene rings is 1. The molecule has 2 aromatic heterocycles. The normalized spacial score (nSPS) is 10.3. The van der Waals surface area contributed by atoms with Gasteiger partial charge in [0.15, 0.2) is 5.82 Å². The van der Waals surface area contributed by atoms with Gasteiger partial charge in [0.2, 0.25) is 11.8 Å². The number of rotatable bonds is 5. The molecule has 0 spiro atoms. The molecule has 1 aromatic carbocycles. The van der Waals surface area contributed by atoms with E-state index in [1.807, 2.05) is 37.3 Å². The summed E-state index contributed by atoms with van der Waals surface area (Å²) in [5.74, 6) is 0.684. The summed E-state index contributed by atoms with van der Waals surface area (Å²) in [5, 5.41) is 9.44. The first-order chi connectivity index (χ1) is 11.3. The molecular weight excluding hydrogens is 294 g/mol. The van der Waals surface area contributed by atoms with E-state index < -0.39 is 0 Å².